The van der Waals surface area contributed by atoms with Gasteiger partial charge in [0.15, 0.2) is 0 Å². The smallest absolute Gasteiger partial charge is 0.414 e. The number of aryl methyl sites for hydroxylation is 1. The average Bonchev–Trinajstić information content (AvgIpc) is 3.04. The van der Waals surface area contributed by atoms with Gasteiger partial charge in [0.1, 0.15) is 0 Å². The van der Waals surface area contributed by atoms with Gasteiger partial charge in [-0.05, 0) is 35.9 Å². The minimum absolute atomic E-state index is 0.314. The maximum Gasteiger partial charge on any atom is 0.414 e. The summed E-state index contributed by atoms with van der Waals surface area (Å²) in [6.07, 6.45) is 3.44. The lowest BCUT2D eigenvalue weighted by Gasteiger charge is -2.12. The second-order valence-corrected chi connectivity index (χ2v) is 5.82. The van der Waals surface area contributed by atoms with Crippen LogP contribution in [0.15, 0.2) is 66.9 Å². The van der Waals surface area contributed by atoms with E-state index in [4.69, 9.17) is 19.8 Å². The normalized spacial score (nSPS) is 11.4. The molecule has 0 amide bonds. The summed E-state index contributed by atoms with van der Waals surface area (Å²) < 4.78 is 2.13. The largest absolute Gasteiger partial charge is 0.473 e. The molecule has 0 aliphatic heterocycles. The van der Waals surface area contributed by atoms with Crippen molar-refractivity contribution in [2.75, 3.05) is 0 Å². The van der Waals surface area contributed by atoms with Crippen LogP contribution < -0.4 is 0 Å². The third-order valence-corrected chi connectivity index (χ3v) is 3.88. The molecule has 0 aliphatic carbocycles. The fourth-order valence-corrected chi connectivity index (χ4v) is 2.60. The highest BCUT2D eigenvalue weighted by atomic mass is 16.4. The van der Waals surface area contributed by atoms with E-state index in [-0.39, 0.29) is 6.10 Å². The third kappa shape index (κ3) is 5.75. The quantitative estimate of drug-likeness (QED) is 0.611. The highest BCUT2D eigenvalue weighted by molar-refractivity contribution is 6.27. The Labute approximate surface area is 150 Å². The first-order valence-corrected chi connectivity index (χ1v) is 8.19. The van der Waals surface area contributed by atoms with Gasteiger partial charge in [0.2, 0.25) is 0 Å². The zero-order chi connectivity index (χ0) is 18.9. The van der Waals surface area contributed by atoms with E-state index in [2.05, 4.69) is 41.1 Å². The maximum atomic E-state index is 10.2. The number of rotatable bonds is 5. The van der Waals surface area contributed by atoms with E-state index in [1.807, 2.05) is 30.3 Å². The van der Waals surface area contributed by atoms with Crippen LogP contribution in [0.2, 0.25) is 0 Å². The van der Waals surface area contributed by atoms with E-state index >= 15 is 0 Å². The first kappa shape index (κ1) is 19.2. The summed E-state index contributed by atoms with van der Waals surface area (Å²) in [5, 5.41) is 26.2. The molecule has 0 bridgehead atoms. The van der Waals surface area contributed by atoms with Crippen molar-refractivity contribution in [3.8, 4) is 0 Å². The predicted octanol–water partition coefficient (Wildman–Crippen LogP) is 2.79. The summed E-state index contributed by atoms with van der Waals surface area (Å²) in [6.45, 7) is 0.653. The zero-order valence-electron chi connectivity index (χ0n) is 14.2. The number of benzene rings is 2. The molecule has 6 nitrogen and oxygen atoms in total. The van der Waals surface area contributed by atoms with Crippen LogP contribution in [0.4, 0.5) is 0 Å². The molecular weight excluding hydrogens is 334 g/mol. The highest BCUT2D eigenvalue weighted by Gasteiger charge is 2.08. The van der Waals surface area contributed by atoms with Crippen LogP contribution in [0.5, 0.6) is 0 Å². The molecule has 3 rings (SSSR count). The highest BCUT2D eigenvalue weighted by Crippen LogP contribution is 2.16. The molecular formula is C20H21NO5. The Hall–Kier alpha value is -3.12. The number of fused-ring (bicyclic) bond motifs is 1. The van der Waals surface area contributed by atoms with Gasteiger partial charge in [-0.1, -0.05) is 48.5 Å². The van der Waals surface area contributed by atoms with Crippen molar-refractivity contribution in [1.82, 2.24) is 4.57 Å². The molecule has 1 aromatic heterocycles. The van der Waals surface area contributed by atoms with E-state index in [0.29, 0.717) is 6.54 Å². The molecule has 136 valence electrons. The number of para-hydroxylation sites is 1. The van der Waals surface area contributed by atoms with Crippen molar-refractivity contribution >= 4 is 22.8 Å². The number of carboxylic acids is 2. The summed E-state index contributed by atoms with van der Waals surface area (Å²) in [7, 11) is 0. The third-order valence-electron chi connectivity index (χ3n) is 3.88. The molecule has 0 radical (unpaired) electrons. The van der Waals surface area contributed by atoms with Crippen molar-refractivity contribution in [2.24, 2.45) is 0 Å². The van der Waals surface area contributed by atoms with Gasteiger partial charge in [-0.25, -0.2) is 9.59 Å². The van der Waals surface area contributed by atoms with Gasteiger partial charge in [0.25, 0.3) is 0 Å². The number of hydrogen-bond donors (Lipinski definition) is 3. The number of aromatic nitrogens is 1. The van der Waals surface area contributed by atoms with E-state index in [1.165, 1.54) is 16.5 Å². The summed E-state index contributed by atoms with van der Waals surface area (Å²) >= 11 is 0. The van der Waals surface area contributed by atoms with Crippen LogP contribution in [0.1, 0.15) is 12.0 Å². The number of hydrogen-bond acceptors (Lipinski definition) is 3. The number of carboxylic acid groups (broad SMARTS) is 2. The molecule has 6 heteroatoms. The molecule has 0 saturated carbocycles. The lowest BCUT2D eigenvalue weighted by molar-refractivity contribution is -0.159. The van der Waals surface area contributed by atoms with Gasteiger partial charge < -0.3 is 19.9 Å². The average molecular weight is 355 g/mol. The van der Waals surface area contributed by atoms with Crippen molar-refractivity contribution in [2.45, 2.75) is 25.5 Å². The molecule has 3 N–H and O–H groups in total. The Morgan fingerprint density at radius 2 is 1.50 bits per heavy atom. The van der Waals surface area contributed by atoms with E-state index in [1.54, 1.807) is 0 Å². The van der Waals surface area contributed by atoms with Crippen LogP contribution >= 0.6 is 0 Å². The Morgan fingerprint density at radius 3 is 2.15 bits per heavy atom. The van der Waals surface area contributed by atoms with Gasteiger partial charge in [0.05, 0.1) is 6.10 Å². The van der Waals surface area contributed by atoms with Gasteiger partial charge >= 0.3 is 11.9 Å². The number of carbonyl (C=O) groups is 2. The summed E-state index contributed by atoms with van der Waals surface area (Å²) in [4.78, 5) is 18.2. The summed E-state index contributed by atoms with van der Waals surface area (Å²) in [5.74, 6) is -3.65. The molecule has 26 heavy (non-hydrogen) atoms. The number of aliphatic hydroxyl groups excluding tert-OH is 1. The SMILES string of the molecule is O=C(O)C(=O)O.OC(CCc1ccccc1)Cn1ccc2ccccc21. The van der Waals surface area contributed by atoms with Gasteiger partial charge in [-0.3, -0.25) is 0 Å². The predicted molar refractivity (Wildman–Crippen MR) is 98.0 cm³/mol. The molecule has 1 atom stereocenters. The van der Waals surface area contributed by atoms with Crippen LogP contribution in [0.3, 0.4) is 0 Å². The van der Waals surface area contributed by atoms with Gasteiger partial charge in [0, 0.05) is 18.3 Å². The number of aliphatic carboxylic acids is 2. The number of nitrogens with zero attached hydrogens (tertiary/aromatic N) is 1. The van der Waals surface area contributed by atoms with E-state index in [9.17, 15) is 5.11 Å². The summed E-state index contributed by atoms with van der Waals surface area (Å²) in [6, 6.07) is 20.7. The topological polar surface area (TPSA) is 99.8 Å². The molecule has 2 aromatic carbocycles. The molecule has 0 fully saturated rings. The first-order chi connectivity index (χ1) is 12.5. The van der Waals surface area contributed by atoms with Crippen LogP contribution in [-0.2, 0) is 22.6 Å². The Morgan fingerprint density at radius 1 is 0.885 bits per heavy atom. The zero-order valence-corrected chi connectivity index (χ0v) is 14.2. The molecule has 1 heterocycles. The van der Waals surface area contributed by atoms with Crippen molar-refractivity contribution in [1.29, 1.82) is 0 Å². The second-order valence-electron chi connectivity index (χ2n) is 5.82. The second kappa shape index (κ2) is 9.39. The van der Waals surface area contributed by atoms with E-state index in [0.717, 1.165) is 12.8 Å². The van der Waals surface area contributed by atoms with Crippen LogP contribution in [-0.4, -0.2) is 37.9 Å². The van der Waals surface area contributed by atoms with Gasteiger partial charge in [-0.2, -0.15) is 0 Å². The molecule has 0 saturated heterocycles. The summed E-state index contributed by atoms with van der Waals surface area (Å²) in [5.41, 5.74) is 2.47. The fraction of sp³-hybridized carbons (Fsp3) is 0.200. The minimum Gasteiger partial charge on any atom is -0.473 e. The molecule has 1 unspecified atom stereocenters. The van der Waals surface area contributed by atoms with Crippen molar-refractivity contribution in [3.63, 3.8) is 0 Å². The van der Waals surface area contributed by atoms with Gasteiger partial charge in [-0.15, -0.1) is 0 Å². The Balaban J connectivity index is 0.000000352. The lowest BCUT2D eigenvalue weighted by atomic mass is 10.1. The van der Waals surface area contributed by atoms with Crippen molar-refractivity contribution < 1.29 is 24.9 Å². The molecule has 0 aliphatic rings. The Kier molecular flexibility index (Phi) is 6.93. The monoisotopic (exact) mass is 355 g/mol. The van der Waals surface area contributed by atoms with Crippen molar-refractivity contribution in [3.05, 3.63) is 72.4 Å². The van der Waals surface area contributed by atoms with E-state index < -0.39 is 11.9 Å². The van der Waals surface area contributed by atoms with Crippen LogP contribution in [0.25, 0.3) is 10.9 Å². The Bertz CT molecular complexity index is 845. The lowest BCUT2D eigenvalue weighted by Crippen LogP contribution is -2.16. The van der Waals surface area contributed by atoms with Crippen LogP contribution in [0, 0.1) is 0 Å². The maximum absolute atomic E-state index is 10.2. The minimum atomic E-state index is -1.82. The standard InChI is InChI=1S/C18H19NO.C2H2O4/c20-17(11-10-15-6-2-1-3-7-15)14-19-13-12-16-8-4-5-9-18(16)19;3-1(4)2(5)6/h1-9,12-13,17,20H,10-11,14H2;(H,3,4)(H,5,6). The molecule has 0 spiro atoms. The molecule has 3 aromatic rings. The fourth-order valence-electron chi connectivity index (χ4n) is 2.60. The number of aliphatic hydroxyl groups is 1. The first-order valence-electron chi connectivity index (χ1n) is 8.19.